The van der Waals surface area contributed by atoms with E-state index >= 15 is 0 Å². The first kappa shape index (κ1) is 16.2. The van der Waals surface area contributed by atoms with Crippen LogP contribution in [-0.4, -0.2) is 27.1 Å². The lowest BCUT2D eigenvalue weighted by Gasteiger charge is -2.22. The summed E-state index contributed by atoms with van der Waals surface area (Å²) in [7, 11) is 0. The van der Waals surface area contributed by atoms with Gasteiger partial charge in [0.15, 0.2) is 0 Å². The van der Waals surface area contributed by atoms with E-state index in [1.165, 1.54) is 5.69 Å². The number of hydrogen-bond acceptors (Lipinski definition) is 3. The maximum absolute atomic E-state index is 6.18. The molecule has 0 bridgehead atoms. The van der Waals surface area contributed by atoms with Crippen molar-refractivity contribution >= 4 is 11.6 Å². The Morgan fingerprint density at radius 3 is 3.00 bits per heavy atom. The van der Waals surface area contributed by atoms with Crippen LogP contribution >= 0.6 is 11.6 Å². The van der Waals surface area contributed by atoms with Crippen LogP contribution < -0.4 is 4.74 Å². The number of ether oxygens (including phenoxy) is 1. The normalized spacial score (nSPS) is 17.6. The minimum absolute atomic E-state index is 0.129. The zero-order chi connectivity index (χ0) is 17.2. The Hall–Kier alpha value is -2.30. The van der Waals surface area contributed by atoms with Gasteiger partial charge in [-0.2, -0.15) is 0 Å². The average molecular weight is 354 g/mol. The van der Waals surface area contributed by atoms with Gasteiger partial charge in [-0.25, -0.2) is 0 Å². The quantitative estimate of drug-likeness (QED) is 0.703. The Morgan fingerprint density at radius 1 is 1.24 bits per heavy atom. The summed E-state index contributed by atoms with van der Waals surface area (Å²) in [5, 5.41) is 0.746. The van der Waals surface area contributed by atoms with Crippen molar-refractivity contribution in [3.8, 4) is 11.4 Å². The van der Waals surface area contributed by atoms with E-state index in [4.69, 9.17) is 16.3 Å². The van der Waals surface area contributed by atoms with Crippen molar-refractivity contribution in [1.29, 1.82) is 0 Å². The van der Waals surface area contributed by atoms with Crippen molar-refractivity contribution in [2.45, 2.75) is 26.1 Å². The summed E-state index contributed by atoms with van der Waals surface area (Å²) in [6.45, 7) is 4.63. The minimum Gasteiger partial charge on any atom is -0.489 e. The van der Waals surface area contributed by atoms with E-state index in [0.29, 0.717) is 0 Å². The lowest BCUT2D eigenvalue weighted by molar-refractivity contribution is 0.155. The summed E-state index contributed by atoms with van der Waals surface area (Å²) in [5.41, 5.74) is 3.44. The molecule has 25 heavy (non-hydrogen) atoms. The first-order valence-corrected chi connectivity index (χ1v) is 8.81. The number of nitrogens with zero attached hydrogens (tertiary/aromatic N) is 3. The van der Waals surface area contributed by atoms with Crippen molar-refractivity contribution in [2.24, 2.45) is 0 Å². The Balaban J connectivity index is 1.60. The van der Waals surface area contributed by atoms with E-state index in [0.717, 1.165) is 41.7 Å². The van der Waals surface area contributed by atoms with Gasteiger partial charge in [0.1, 0.15) is 11.9 Å². The first-order valence-electron chi connectivity index (χ1n) is 8.43. The van der Waals surface area contributed by atoms with Crippen LogP contribution in [0.2, 0.25) is 5.02 Å². The van der Waals surface area contributed by atoms with Gasteiger partial charge in [0, 0.05) is 48.3 Å². The van der Waals surface area contributed by atoms with Crippen molar-refractivity contribution in [1.82, 2.24) is 14.5 Å². The van der Waals surface area contributed by atoms with Crippen LogP contribution in [0.25, 0.3) is 5.69 Å². The highest BCUT2D eigenvalue weighted by Crippen LogP contribution is 2.29. The van der Waals surface area contributed by atoms with E-state index in [2.05, 4.69) is 45.8 Å². The molecule has 3 aromatic rings. The van der Waals surface area contributed by atoms with E-state index in [1.807, 2.05) is 30.5 Å². The maximum Gasteiger partial charge on any atom is 0.124 e. The Labute approximate surface area is 152 Å². The highest BCUT2D eigenvalue weighted by Gasteiger charge is 2.21. The molecule has 1 aromatic carbocycles. The summed E-state index contributed by atoms with van der Waals surface area (Å²) in [6.07, 6.45) is 5.88. The fraction of sp³-hybridized carbons (Fsp3) is 0.250. The molecule has 0 spiro atoms. The molecule has 1 unspecified atom stereocenters. The van der Waals surface area contributed by atoms with Gasteiger partial charge in [-0.3, -0.25) is 9.88 Å². The van der Waals surface area contributed by atoms with Crippen molar-refractivity contribution in [2.75, 3.05) is 6.54 Å². The molecule has 5 heteroatoms. The predicted molar refractivity (Wildman–Crippen MR) is 99.2 cm³/mol. The summed E-state index contributed by atoms with van der Waals surface area (Å²) in [5.74, 6) is 0.932. The number of pyridine rings is 1. The third-order valence-electron chi connectivity index (χ3n) is 4.40. The average Bonchev–Trinajstić information content (AvgIpc) is 2.99. The fourth-order valence-corrected chi connectivity index (χ4v) is 3.55. The lowest BCUT2D eigenvalue weighted by atomic mass is 10.2. The summed E-state index contributed by atoms with van der Waals surface area (Å²) in [6, 6.07) is 14.1. The molecule has 1 aliphatic rings. The van der Waals surface area contributed by atoms with Gasteiger partial charge in [0.05, 0.1) is 11.9 Å². The van der Waals surface area contributed by atoms with E-state index < -0.39 is 0 Å². The summed E-state index contributed by atoms with van der Waals surface area (Å²) >= 11 is 6.18. The van der Waals surface area contributed by atoms with E-state index in [-0.39, 0.29) is 6.10 Å². The van der Waals surface area contributed by atoms with Gasteiger partial charge in [0.2, 0.25) is 0 Å². The van der Waals surface area contributed by atoms with Gasteiger partial charge in [0.25, 0.3) is 0 Å². The van der Waals surface area contributed by atoms with Crippen LogP contribution in [0.1, 0.15) is 18.2 Å². The van der Waals surface area contributed by atoms with Gasteiger partial charge in [-0.05, 0) is 49.4 Å². The van der Waals surface area contributed by atoms with E-state index in [1.54, 1.807) is 6.20 Å². The van der Waals surface area contributed by atoms with Crippen LogP contribution in [0.4, 0.5) is 0 Å². The molecule has 0 saturated carbocycles. The third-order valence-corrected chi connectivity index (χ3v) is 4.64. The smallest absolute Gasteiger partial charge is 0.124 e. The van der Waals surface area contributed by atoms with Crippen molar-refractivity contribution in [3.05, 3.63) is 77.3 Å². The van der Waals surface area contributed by atoms with Gasteiger partial charge >= 0.3 is 0 Å². The monoisotopic (exact) mass is 353 g/mol. The van der Waals surface area contributed by atoms with Crippen molar-refractivity contribution < 1.29 is 4.74 Å². The highest BCUT2D eigenvalue weighted by molar-refractivity contribution is 6.30. The Kier molecular flexibility index (Phi) is 4.47. The van der Waals surface area contributed by atoms with Crippen LogP contribution in [-0.2, 0) is 13.1 Å². The first-order chi connectivity index (χ1) is 12.2. The molecule has 4 nitrogen and oxygen atoms in total. The second-order valence-electron chi connectivity index (χ2n) is 6.43. The molecule has 1 aliphatic heterocycles. The highest BCUT2D eigenvalue weighted by atomic mass is 35.5. The molecule has 128 valence electrons. The zero-order valence-corrected chi connectivity index (χ0v) is 14.9. The molecular weight excluding hydrogens is 334 g/mol. The number of benzene rings is 1. The van der Waals surface area contributed by atoms with Crippen LogP contribution in [0.15, 0.2) is 61.1 Å². The van der Waals surface area contributed by atoms with Crippen LogP contribution in [0.5, 0.6) is 5.75 Å². The topological polar surface area (TPSA) is 30.3 Å². The molecule has 0 aliphatic carbocycles. The van der Waals surface area contributed by atoms with Gasteiger partial charge in [-0.15, -0.1) is 0 Å². The Bertz CT molecular complexity index is 862. The number of fused-ring (bicyclic) bond motifs is 1. The molecule has 2 aromatic heterocycles. The third kappa shape index (κ3) is 3.55. The molecule has 4 rings (SSSR count). The van der Waals surface area contributed by atoms with Gasteiger partial charge in [-0.1, -0.05) is 11.6 Å². The lowest BCUT2D eigenvalue weighted by Crippen LogP contribution is -2.31. The molecule has 0 N–H and O–H groups in total. The number of rotatable bonds is 3. The van der Waals surface area contributed by atoms with Crippen molar-refractivity contribution in [3.63, 3.8) is 0 Å². The molecule has 0 amide bonds. The molecule has 0 saturated heterocycles. The predicted octanol–water partition coefficient (Wildman–Crippen LogP) is 4.31. The Morgan fingerprint density at radius 2 is 2.16 bits per heavy atom. The maximum atomic E-state index is 6.18. The second-order valence-corrected chi connectivity index (χ2v) is 6.87. The number of aromatic nitrogens is 2. The molecule has 3 heterocycles. The van der Waals surface area contributed by atoms with Gasteiger partial charge < -0.3 is 9.30 Å². The minimum atomic E-state index is 0.129. The second kappa shape index (κ2) is 6.90. The fourth-order valence-electron chi connectivity index (χ4n) is 3.35. The van der Waals surface area contributed by atoms with Crippen LogP contribution in [0.3, 0.4) is 0 Å². The standard InChI is InChI=1S/C20H20ClN3O/c1-15-12-23(13-16-10-17(21)6-7-20(16)25-15)14-19-5-3-9-24(19)18-4-2-8-22-11-18/h2-11,15H,12-14H2,1H3. The molecule has 1 atom stereocenters. The largest absolute Gasteiger partial charge is 0.489 e. The summed E-state index contributed by atoms with van der Waals surface area (Å²) in [4.78, 5) is 6.62. The molecular formula is C20H20ClN3O. The molecule has 0 fully saturated rings. The molecule has 0 radical (unpaired) electrons. The summed E-state index contributed by atoms with van der Waals surface area (Å²) < 4.78 is 8.24. The SMILES string of the molecule is CC1CN(Cc2cccn2-c2cccnc2)Cc2cc(Cl)ccc2O1. The van der Waals surface area contributed by atoms with Crippen LogP contribution in [0, 0.1) is 0 Å². The van der Waals surface area contributed by atoms with E-state index in [9.17, 15) is 0 Å². The number of halogens is 1. The number of hydrogen-bond donors (Lipinski definition) is 0. The zero-order valence-electron chi connectivity index (χ0n) is 14.1.